The van der Waals surface area contributed by atoms with Gasteiger partial charge in [-0.25, -0.2) is 4.79 Å². The van der Waals surface area contributed by atoms with Crippen molar-refractivity contribution < 1.29 is 9.90 Å². The molecule has 0 saturated heterocycles. The monoisotopic (exact) mass is 377 g/mol. The molecule has 0 heterocycles. The fraction of sp³-hybridized carbons (Fsp3) is 0.400. The molecule has 3 rings (SSSR count). The van der Waals surface area contributed by atoms with Crippen LogP contribution in [-0.2, 0) is 10.8 Å². The molecular weight excluding hydrogens is 346 g/mol. The molecule has 28 heavy (non-hydrogen) atoms. The van der Waals surface area contributed by atoms with Gasteiger partial charge in [-0.15, -0.1) is 0 Å². The largest absolute Gasteiger partial charge is 0.478 e. The predicted octanol–water partition coefficient (Wildman–Crippen LogP) is 5.74. The summed E-state index contributed by atoms with van der Waals surface area (Å²) in [7, 11) is 0. The van der Waals surface area contributed by atoms with E-state index in [0.29, 0.717) is 5.56 Å². The molecule has 0 bridgehead atoms. The van der Waals surface area contributed by atoms with Gasteiger partial charge >= 0.3 is 5.97 Å². The Labute approximate surface area is 169 Å². The molecule has 1 aliphatic rings. The lowest BCUT2D eigenvalue weighted by atomic mass is 9.63. The van der Waals surface area contributed by atoms with Gasteiger partial charge in [0.2, 0.25) is 0 Å². The van der Waals surface area contributed by atoms with Crippen molar-refractivity contribution in [1.82, 2.24) is 0 Å². The van der Waals surface area contributed by atoms with Crippen LogP contribution in [0.3, 0.4) is 0 Å². The van der Waals surface area contributed by atoms with Crippen molar-refractivity contribution in [2.75, 3.05) is 5.73 Å². The van der Waals surface area contributed by atoms with Gasteiger partial charge in [0, 0.05) is 16.8 Å². The number of carboxylic acid groups (broad SMARTS) is 1. The molecule has 0 spiro atoms. The van der Waals surface area contributed by atoms with E-state index in [0.717, 1.165) is 12.0 Å². The van der Waals surface area contributed by atoms with Crippen molar-refractivity contribution >= 4 is 11.7 Å². The summed E-state index contributed by atoms with van der Waals surface area (Å²) >= 11 is 0. The van der Waals surface area contributed by atoms with Crippen LogP contribution in [0.2, 0.25) is 0 Å². The lowest BCUT2D eigenvalue weighted by molar-refractivity contribution is 0.0698. The van der Waals surface area contributed by atoms with Gasteiger partial charge in [-0.1, -0.05) is 59.4 Å². The minimum absolute atomic E-state index is 0.105. The first-order valence-corrected chi connectivity index (χ1v) is 9.90. The Bertz CT molecular complexity index is 943. The minimum Gasteiger partial charge on any atom is -0.478 e. The zero-order valence-electron chi connectivity index (χ0n) is 17.8. The van der Waals surface area contributed by atoms with Crippen LogP contribution in [0.1, 0.15) is 87.0 Å². The Morgan fingerprint density at radius 1 is 0.893 bits per heavy atom. The molecule has 0 aliphatic heterocycles. The van der Waals surface area contributed by atoms with E-state index in [1.807, 2.05) is 13.8 Å². The number of carboxylic acids is 1. The number of anilines is 1. The average Bonchev–Trinajstić information content (AvgIpc) is 2.65. The molecule has 0 saturated carbocycles. The SMILES string of the molecule is CC.CC1(C)CCC(C)(C)c2cc(C#Cc3ccc(C(=O)O)c(N)c3)ccc21. The Hall–Kier alpha value is -2.73. The number of fused-ring (bicyclic) bond motifs is 1. The first kappa shape index (κ1) is 21.6. The Morgan fingerprint density at radius 3 is 1.93 bits per heavy atom. The molecular formula is C25H31NO2. The molecule has 0 radical (unpaired) electrons. The van der Waals surface area contributed by atoms with Crippen molar-refractivity contribution in [2.24, 2.45) is 0 Å². The average molecular weight is 378 g/mol. The number of hydrogen-bond acceptors (Lipinski definition) is 2. The summed E-state index contributed by atoms with van der Waals surface area (Å²) in [5.74, 6) is 5.27. The van der Waals surface area contributed by atoms with Gasteiger partial charge in [0.25, 0.3) is 0 Å². The van der Waals surface area contributed by atoms with Crippen LogP contribution in [0, 0.1) is 11.8 Å². The van der Waals surface area contributed by atoms with Gasteiger partial charge in [0.15, 0.2) is 0 Å². The zero-order valence-corrected chi connectivity index (χ0v) is 17.8. The molecule has 1 aliphatic carbocycles. The van der Waals surface area contributed by atoms with E-state index >= 15 is 0 Å². The Morgan fingerprint density at radius 2 is 1.39 bits per heavy atom. The quantitative estimate of drug-likeness (QED) is 0.492. The Kier molecular flexibility index (Phi) is 6.24. The molecule has 148 valence electrons. The highest BCUT2D eigenvalue weighted by Crippen LogP contribution is 2.45. The van der Waals surface area contributed by atoms with Crippen LogP contribution in [0.25, 0.3) is 0 Å². The Balaban J connectivity index is 0.00000136. The molecule has 0 amide bonds. The lowest BCUT2D eigenvalue weighted by Gasteiger charge is -2.41. The summed E-state index contributed by atoms with van der Waals surface area (Å²) in [5, 5.41) is 9.05. The number of carbonyl (C=O) groups is 1. The van der Waals surface area contributed by atoms with E-state index in [1.165, 1.54) is 23.6 Å². The number of benzene rings is 2. The number of nitrogen functional groups attached to an aromatic ring is 1. The second-order valence-electron chi connectivity index (χ2n) is 8.39. The summed E-state index contributed by atoms with van der Waals surface area (Å²) in [4.78, 5) is 11.0. The molecule has 0 aromatic heterocycles. The summed E-state index contributed by atoms with van der Waals surface area (Å²) in [6, 6.07) is 11.3. The standard InChI is InChI=1S/C23H25NO2.C2H6/c1-22(2)11-12-23(3,4)19-13-15(8-10-18(19)22)5-6-16-7-9-17(21(25)26)20(24)14-16;1-2/h7-10,13-14H,11-12,24H2,1-4H3,(H,25,26);1-2H3. The van der Waals surface area contributed by atoms with Crippen molar-refractivity contribution in [3.05, 3.63) is 64.2 Å². The first-order valence-electron chi connectivity index (χ1n) is 9.90. The van der Waals surface area contributed by atoms with Crippen LogP contribution in [0.5, 0.6) is 0 Å². The van der Waals surface area contributed by atoms with E-state index in [2.05, 4.69) is 57.7 Å². The minimum atomic E-state index is -1.03. The number of hydrogen-bond donors (Lipinski definition) is 2. The maximum Gasteiger partial charge on any atom is 0.337 e. The number of rotatable bonds is 1. The molecule has 3 heteroatoms. The fourth-order valence-electron chi connectivity index (χ4n) is 3.65. The zero-order chi connectivity index (χ0) is 21.1. The molecule has 0 atom stereocenters. The molecule has 3 N–H and O–H groups in total. The highest BCUT2D eigenvalue weighted by Gasteiger charge is 2.36. The first-order chi connectivity index (χ1) is 13.1. The van der Waals surface area contributed by atoms with E-state index < -0.39 is 5.97 Å². The van der Waals surface area contributed by atoms with Gasteiger partial charge in [-0.2, -0.15) is 0 Å². The summed E-state index contributed by atoms with van der Waals surface area (Å²) in [6.07, 6.45) is 2.35. The normalized spacial score (nSPS) is 15.9. The molecule has 2 aromatic carbocycles. The second kappa shape index (κ2) is 8.10. The van der Waals surface area contributed by atoms with Crippen molar-refractivity contribution in [3.8, 4) is 11.8 Å². The van der Waals surface area contributed by atoms with Gasteiger partial charge in [0.05, 0.1) is 5.56 Å². The lowest BCUT2D eigenvalue weighted by Crippen LogP contribution is -2.33. The second-order valence-corrected chi connectivity index (χ2v) is 8.39. The molecule has 2 aromatic rings. The van der Waals surface area contributed by atoms with E-state index in [-0.39, 0.29) is 22.1 Å². The van der Waals surface area contributed by atoms with Gasteiger partial charge in [-0.3, -0.25) is 0 Å². The number of aromatic carboxylic acids is 1. The van der Waals surface area contributed by atoms with E-state index in [9.17, 15) is 4.79 Å². The van der Waals surface area contributed by atoms with Gasteiger partial charge in [0.1, 0.15) is 0 Å². The van der Waals surface area contributed by atoms with Crippen LogP contribution in [0.15, 0.2) is 36.4 Å². The predicted molar refractivity (Wildman–Crippen MR) is 117 cm³/mol. The molecule has 0 fully saturated rings. The van der Waals surface area contributed by atoms with Crippen LogP contribution >= 0.6 is 0 Å². The number of nitrogens with two attached hydrogens (primary N) is 1. The molecule has 0 unspecified atom stereocenters. The van der Waals surface area contributed by atoms with Crippen molar-refractivity contribution in [2.45, 2.75) is 65.2 Å². The third kappa shape index (κ3) is 4.39. The topological polar surface area (TPSA) is 63.3 Å². The van der Waals surface area contributed by atoms with Crippen LogP contribution < -0.4 is 5.73 Å². The summed E-state index contributed by atoms with van der Waals surface area (Å²) in [5.41, 5.74) is 10.9. The maximum atomic E-state index is 11.0. The highest BCUT2D eigenvalue weighted by molar-refractivity contribution is 5.93. The van der Waals surface area contributed by atoms with Crippen molar-refractivity contribution in [3.63, 3.8) is 0 Å². The fourth-order valence-corrected chi connectivity index (χ4v) is 3.65. The third-order valence-electron chi connectivity index (χ3n) is 5.49. The van der Waals surface area contributed by atoms with E-state index in [1.54, 1.807) is 12.1 Å². The van der Waals surface area contributed by atoms with Crippen LogP contribution in [-0.4, -0.2) is 11.1 Å². The summed E-state index contributed by atoms with van der Waals surface area (Å²) in [6.45, 7) is 13.2. The third-order valence-corrected chi connectivity index (χ3v) is 5.49. The van der Waals surface area contributed by atoms with Crippen LogP contribution in [0.4, 0.5) is 5.69 Å². The molecule has 3 nitrogen and oxygen atoms in total. The maximum absolute atomic E-state index is 11.0. The smallest absolute Gasteiger partial charge is 0.337 e. The van der Waals surface area contributed by atoms with Gasteiger partial charge < -0.3 is 10.8 Å². The van der Waals surface area contributed by atoms with Crippen molar-refractivity contribution in [1.29, 1.82) is 0 Å². The van der Waals surface area contributed by atoms with Gasteiger partial charge in [-0.05, 0) is 65.1 Å². The highest BCUT2D eigenvalue weighted by atomic mass is 16.4. The van der Waals surface area contributed by atoms with E-state index in [4.69, 9.17) is 10.8 Å². The summed E-state index contributed by atoms with van der Waals surface area (Å²) < 4.78 is 0.